The monoisotopic (exact) mass is 421 g/mol. The van der Waals surface area contributed by atoms with Gasteiger partial charge in [0.2, 0.25) is 0 Å². The fourth-order valence-electron chi connectivity index (χ4n) is 3.20. The fraction of sp³-hybridized carbons (Fsp3) is 0.409. The summed E-state index contributed by atoms with van der Waals surface area (Å²) in [5, 5.41) is 0. The first kappa shape index (κ1) is 23.0. The molecule has 0 aliphatic carbocycles. The van der Waals surface area contributed by atoms with Gasteiger partial charge in [-0.1, -0.05) is 30.3 Å². The van der Waals surface area contributed by atoms with Gasteiger partial charge in [-0.25, -0.2) is 0 Å². The zero-order valence-corrected chi connectivity index (χ0v) is 17.5. The molecule has 2 N–H and O–H groups in total. The van der Waals surface area contributed by atoms with Crippen molar-refractivity contribution in [2.75, 3.05) is 13.7 Å². The maximum Gasteiger partial charge on any atom is 0.323 e. The molecule has 0 bridgehead atoms. The van der Waals surface area contributed by atoms with Crippen LogP contribution >= 0.6 is 12.4 Å². The highest BCUT2D eigenvalue weighted by Gasteiger charge is 2.35. The summed E-state index contributed by atoms with van der Waals surface area (Å²) in [6, 6.07) is 16.6. The lowest BCUT2D eigenvalue weighted by Gasteiger charge is -2.31. The number of para-hydroxylation sites is 1. The van der Waals surface area contributed by atoms with Gasteiger partial charge in [0.1, 0.15) is 29.7 Å². The average Bonchev–Trinajstić information content (AvgIpc) is 2.76. The van der Waals surface area contributed by atoms with Crippen molar-refractivity contribution in [2.45, 2.75) is 44.1 Å². The van der Waals surface area contributed by atoms with E-state index in [4.69, 9.17) is 24.7 Å². The summed E-state index contributed by atoms with van der Waals surface area (Å²) >= 11 is 0. The number of hydrogen-bond acceptors (Lipinski definition) is 6. The number of esters is 1. The van der Waals surface area contributed by atoms with Crippen molar-refractivity contribution in [3.8, 4) is 11.5 Å². The number of rotatable bonds is 5. The molecule has 1 aliphatic rings. The summed E-state index contributed by atoms with van der Waals surface area (Å²) in [6.45, 7) is 2.17. The van der Waals surface area contributed by atoms with E-state index < -0.39 is 24.2 Å². The number of cyclic esters (lactones) is 1. The standard InChI is InChI=1S/C22H27NO5.ClH/c1-15-21(28-18-6-4-3-5-7-18)20(26-13-12-19(23)22(24)27-15)14-16-8-10-17(25-2)11-9-16;/h3-11,15,19-21H,12-14,23H2,1-2H3;1H/t15-,19-,20+,21-;/m0./s1. The predicted octanol–water partition coefficient (Wildman–Crippen LogP) is 3.16. The molecule has 2 aromatic carbocycles. The molecule has 1 saturated heterocycles. The van der Waals surface area contributed by atoms with Crippen molar-refractivity contribution in [2.24, 2.45) is 5.73 Å². The SMILES string of the molecule is COc1ccc(C[C@H]2OCC[C@H](N)C(=O)O[C@@H](C)[C@@H]2Oc2ccccc2)cc1.Cl. The minimum atomic E-state index is -0.695. The van der Waals surface area contributed by atoms with Gasteiger partial charge in [0.25, 0.3) is 0 Å². The molecule has 2 aromatic rings. The number of carbonyl (C=O) groups is 1. The van der Waals surface area contributed by atoms with Crippen LogP contribution in [-0.4, -0.2) is 44.0 Å². The molecule has 158 valence electrons. The normalized spacial score (nSPS) is 24.9. The van der Waals surface area contributed by atoms with Crippen LogP contribution in [0.4, 0.5) is 0 Å². The molecule has 0 unspecified atom stereocenters. The second-order valence-corrected chi connectivity index (χ2v) is 6.89. The third-order valence-corrected chi connectivity index (χ3v) is 4.81. The van der Waals surface area contributed by atoms with E-state index in [0.717, 1.165) is 11.3 Å². The minimum absolute atomic E-state index is 0. The van der Waals surface area contributed by atoms with E-state index in [-0.39, 0.29) is 18.5 Å². The van der Waals surface area contributed by atoms with Gasteiger partial charge >= 0.3 is 5.97 Å². The average molecular weight is 422 g/mol. The van der Waals surface area contributed by atoms with Crippen LogP contribution in [0.15, 0.2) is 54.6 Å². The van der Waals surface area contributed by atoms with Crippen LogP contribution in [0.1, 0.15) is 18.9 Å². The van der Waals surface area contributed by atoms with E-state index in [1.54, 1.807) is 7.11 Å². The Morgan fingerprint density at radius 2 is 1.76 bits per heavy atom. The van der Waals surface area contributed by atoms with Crippen LogP contribution in [0, 0.1) is 0 Å². The summed E-state index contributed by atoms with van der Waals surface area (Å²) in [6.07, 6.45) is -0.276. The van der Waals surface area contributed by atoms with Gasteiger partial charge in [-0.05, 0) is 43.2 Å². The maximum absolute atomic E-state index is 12.2. The Hall–Kier alpha value is -2.28. The van der Waals surface area contributed by atoms with Gasteiger partial charge in [0.15, 0.2) is 6.10 Å². The molecule has 0 spiro atoms. The molecule has 1 aliphatic heterocycles. The van der Waals surface area contributed by atoms with Crippen molar-refractivity contribution in [1.82, 2.24) is 0 Å². The second kappa shape index (κ2) is 11.0. The minimum Gasteiger partial charge on any atom is -0.497 e. The Morgan fingerprint density at radius 3 is 2.41 bits per heavy atom. The number of benzene rings is 2. The lowest BCUT2D eigenvalue weighted by Crippen LogP contribution is -2.45. The molecule has 4 atom stereocenters. The molecule has 1 heterocycles. The predicted molar refractivity (Wildman–Crippen MR) is 113 cm³/mol. The number of halogens is 1. The van der Waals surface area contributed by atoms with Gasteiger partial charge < -0.3 is 24.7 Å². The van der Waals surface area contributed by atoms with E-state index in [1.807, 2.05) is 61.5 Å². The molecule has 0 amide bonds. The van der Waals surface area contributed by atoms with Crippen LogP contribution in [0.5, 0.6) is 11.5 Å². The van der Waals surface area contributed by atoms with Gasteiger partial charge in [0.05, 0.1) is 7.11 Å². The summed E-state index contributed by atoms with van der Waals surface area (Å²) in [5.74, 6) is 1.06. The lowest BCUT2D eigenvalue weighted by molar-refractivity contribution is -0.156. The highest BCUT2D eigenvalue weighted by atomic mass is 35.5. The quantitative estimate of drug-likeness (QED) is 0.747. The van der Waals surface area contributed by atoms with Crippen LogP contribution in [0.25, 0.3) is 0 Å². The molecule has 6 nitrogen and oxygen atoms in total. The molecule has 3 rings (SSSR count). The third-order valence-electron chi connectivity index (χ3n) is 4.81. The van der Waals surface area contributed by atoms with Crippen molar-refractivity contribution in [1.29, 1.82) is 0 Å². The van der Waals surface area contributed by atoms with Crippen molar-refractivity contribution >= 4 is 18.4 Å². The third kappa shape index (κ3) is 6.35. The molecular weight excluding hydrogens is 394 g/mol. The van der Waals surface area contributed by atoms with Crippen LogP contribution in [-0.2, 0) is 20.7 Å². The molecule has 0 radical (unpaired) electrons. The molecule has 1 fully saturated rings. The number of ether oxygens (including phenoxy) is 4. The Kier molecular flexibility index (Phi) is 8.76. The zero-order valence-electron chi connectivity index (χ0n) is 16.7. The zero-order chi connectivity index (χ0) is 19.9. The summed E-state index contributed by atoms with van der Waals surface area (Å²) in [4.78, 5) is 12.2. The number of nitrogens with two attached hydrogens (primary N) is 1. The van der Waals surface area contributed by atoms with Crippen molar-refractivity contribution in [3.05, 3.63) is 60.2 Å². The van der Waals surface area contributed by atoms with E-state index in [1.165, 1.54) is 0 Å². The Balaban J connectivity index is 0.00000300. The largest absolute Gasteiger partial charge is 0.497 e. The van der Waals surface area contributed by atoms with Crippen molar-refractivity contribution < 1.29 is 23.7 Å². The van der Waals surface area contributed by atoms with E-state index in [2.05, 4.69) is 0 Å². The Morgan fingerprint density at radius 1 is 1.07 bits per heavy atom. The van der Waals surface area contributed by atoms with E-state index >= 15 is 0 Å². The molecule has 7 heteroatoms. The van der Waals surface area contributed by atoms with Gasteiger partial charge in [-0.15, -0.1) is 12.4 Å². The number of hydrogen-bond donors (Lipinski definition) is 1. The first-order valence-electron chi connectivity index (χ1n) is 9.49. The molecular formula is C22H28ClNO5. The van der Waals surface area contributed by atoms with E-state index in [0.29, 0.717) is 25.2 Å². The number of carbonyl (C=O) groups excluding carboxylic acids is 1. The molecule has 0 saturated carbocycles. The van der Waals surface area contributed by atoms with Crippen LogP contribution in [0.2, 0.25) is 0 Å². The van der Waals surface area contributed by atoms with Gasteiger partial charge in [0, 0.05) is 13.0 Å². The summed E-state index contributed by atoms with van der Waals surface area (Å²) < 4.78 is 23.1. The van der Waals surface area contributed by atoms with Crippen LogP contribution < -0.4 is 15.2 Å². The van der Waals surface area contributed by atoms with Gasteiger partial charge in [-0.2, -0.15) is 0 Å². The Bertz CT molecular complexity index is 756. The highest BCUT2D eigenvalue weighted by molar-refractivity contribution is 5.85. The summed E-state index contributed by atoms with van der Waals surface area (Å²) in [5.41, 5.74) is 6.98. The lowest BCUT2D eigenvalue weighted by atomic mass is 10.00. The topological polar surface area (TPSA) is 80.0 Å². The van der Waals surface area contributed by atoms with Crippen molar-refractivity contribution in [3.63, 3.8) is 0 Å². The molecule has 0 aromatic heterocycles. The van der Waals surface area contributed by atoms with Crippen LogP contribution in [0.3, 0.4) is 0 Å². The van der Waals surface area contributed by atoms with Gasteiger partial charge in [-0.3, -0.25) is 4.79 Å². The van der Waals surface area contributed by atoms with E-state index in [9.17, 15) is 4.79 Å². The summed E-state index contributed by atoms with van der Waals surface area (Å²) in [7, 11) is 1.64. The molecule has 29 heavy (non-hydrogen) atoms. The highest BCUT2D eigenvalue weighted by Crippen LogP contribution is 2.23. The fourth-order valence-corrected chi connectivity index (χ4v) is 3.20. The first-order chi connectivity index (χ1) is 13.6. The number of methoxy groups -OCH3 is 1. The Labute approximate surface area is 177 Å². The first-order valence-corrected chi connectivity index (χ1v) is 9.49. The second-order valence-electron chi connectivity index (χ2n) is 6.89. The smallest absolute Gasteiger partial charge is 0.323 e. The maximum atomic E-state index is 12.2.